The highest BCUT2D eigenvalue weighted by atomic mass is 16.2. The third kappa shape index (κ3) is 2.63. The van der Waals surface area contributed by atoms with Gasteiger partial charge in [-0.2, -0.15) is 10.2 Å². The van der Waals surface area contributed by atoms with Crippen LogP contribution in [0.4, 0.5) is 0 Å². The van der Waals surface area contributed by atoms with E-state index in [-0.39, 0.29) is 35.7 Å². The molecule has 0 N–H and O–H groups in total. The standard InChI is InChI=1S/C20H28N4O4/c1-19(15(25)23(16(19)26)13-9-5-3-6-10-13)21-22-20(2)17(27)24(18(20)28)14-11-7-4-8-12-14/h13-14H,3-12H2,1-2H3. The van der Waals surface area contributed by atoms with Crippen molar-refractivity contribution in [2.24, 2.45) is 10.2 Å². The first-order valence-corrected chi connectivity index (χ1v) is 10.5. The van der Waals surface area contributed by atoms with Gasteiger partial charge < -0.3 is 0 Å². The minimum absolute atomic E-state index is 0.0543. The van der Waals surface area contributed by atoms with Crippen molar-refractivity contribution in [3.8, 4) is 0 Å². The molecule has 0 unspecified atom stereocenters. The van der Waals surface area contributed by atoms with E-state index >= 15 is 0 Å². The van der Waals surface area contributed by atoms with Crippen LogP contribution in [0.25, 0.3) is 0 Å². The van der Waals surface area contributed by atoms with E-state index < -0.39 is 11.1 Å². The fraction of sp³-hybridized carbons (Fsp3) is 0.800. The lowest BCUT2D eigenvalue weighted by Gasteiger charge is -2.48. The van der Waals surface area contributed by atoms with Gasteiger partial charge in [-0.3, -0.25) is 29.0 Å². The lowest BCUT2D eigenvalue weighted by atomic mass is 9.83. The molecule has 0 bridgehead atoms. The van der Waals surface area contributed by atoms with Gasteiger partial charge in [0.15, 0.2) is 0 Å². The molecule has 4 rings (SSSR count). The first kappa shape index (κ1) is 19.2. The number of likely N-dealkylation sites (tertiary alicyclic amines) is 2. The molecule has 8 nitrogen and oxygen atoms in total. The number of nitrogens with zero attached hydrogens (tertiary/aromatic N) is 4. The maximum atomic E-state index is 12.7. The zero-order chi connectivity index (χ0) is 20.1. The van der Waals surface area contributed by atoms with Crippen molar-refractivity contribution in [3.63, 3.8) is 0 Å². The molecule has 4 amide bonds. The Morgan fingerprint density at radius 3 is 1.18 bits per heavy atom. The van der Waals surface area contributed by atoms with Crippen molar-refractivity contribution in [1.29, 1.82) is 0 Å². The minimum Gasteiger partial charge on any atom is -0.274 e. The minimum atomic E-state index is -1.60. The van der Waals surface area contributed by atoms with Crippen LogP contribution in [-0.4, -0.2) is 56.6 Å². The smallest absolute Gasteiger partial charge is 0.268 e. The molecule has 2 saturated carbocycles. The van der Waals surface area contributed by atoms with Gasteiger partial charge in [0, 0.05) is 12.1 Å². The van der Waals surface area contributed by atoms with Crippen LogP contribution in [0.1, 0.15) is 78.1 Å². The SMILES string of the molecule is CC1(N=NC2(C)C(=O)N(C3CCCCC3)C2=O)C(=O)N(C2CCCCC2)C1=O. The third-order valence-electron chi connectivity index (χ3n) is 6.87. The van der Waals surface area contributed by atoms with Crippen LogP contribution in [0.5, 0.6) is 0 Å². The lowest BCUT2D eigenvalue weighted by molar-refractivity contribution is -0.175. The summed E-state index contributed by atoms with van der Waals surface area (Å²) in [7, 11) is 0. The Kier molecular flexibility index (Phi) is 4.62. The molecule has 28 heavy (non-hydrogen) atoms. The van der Waals surface area contributed by atoms with Gasteiger partial charge in [-0.05, 0) is 39.5 Å². The summed E-state index contributed by atoms with van der Waals surface area (Å²) in [5, 5.41) is 7.92. The Morgan fingerprint density at radius 2 is 0.893 bits per heavy atom. The predicted molar refractivity (Wildman–Crippen MR) is 99.1 cm³/mol. The summed E-state index contributed by atoms with van der Waals surface area (Å²) in [6.45, 7) is 2.85. The van der Waals surface area contributed by atoms with Gasteiger partial charge in [0.05, 0.1) is 0 Å². The molecule has 2 aliphatic heterocycles. The molecule has 0 radical (unpaired) electrons. The molecule has 4 aliphatic rings. The van der Waals surface area contributed by atoms with Crippen LogP contribution in [0.2, 0.25) is 0 Å². The van der Waals surface area contributed by atoms with E-state index in [1.165, 1.54) is 23.6 Å². The normalized spacial score (nSPS) is 28.6. The molecule has 2 aliphatic carbocycles. The van der Waals surface area contributed by atoms with Crippen LogP contribution in [0.3, 0.4) is 0 Å². The molecule has 2 saturated heterocycles. The highest BCUT2D eigenvalue weighted by molar-refractivity contribution is 6.27. The van der Waals surface area contributed by atoms with Crippen molar-refractivity contribution in [3.05, 3.63) is 0 Å². The first-order valence-electron chi connectivity index (χ1n) is 10.5. The molecule has 0 atom stereocenters. The Bertz CT molecular complexity index is 655. The summed E-state index contributed by atoms with van der Waals surface area (Å²) in [4.78, 5) is 53.3. The molecule has 8 heteroatoms. The quantitative estimate of drug-likeness (QED) is 0.419. The average molecular weight is 388 g/mol. The Labute approximate surface area is 164 Å². The molecular formula is C20H28N4O4. The summed E-state index contributed by atoms with van der Waals surface area (Å²) in [5.74, 6) is -1.50. The van der Waals surface area contributed by atoms with E-state index in [0.717, 1.165) is 64.2 Å². The second kappa shape index (κ2) is 6.74. The number of hydrogen-bond acceptors (Lipinski definition) is 6. The molecule has 152 valence electrons. The maximum Gasteiger partial charge on any atom is 0.268 e. The van der Waals surface area contributed by atoms with Gasteiger partial charge in [-0.1, -0.05) is 38.5 Å². The van der Waals surface area contributed by atoms with Crippen LogP contribution in [0.15, 0.2) is 10.2 Å². The molecule has 2 heterocycles. The average Bonchev–Trinajstić information content (AvgIpc) is 2.73. The van der Waals surface area contributed by atoms with Gasteiger partial charge in [-0.15, -0.1) is 0 Å². The Balaban J connectivity index is 1.45. The van der Waals surface area contributed by atoms with E-state index in [9.17, 15) is 19.2 Å². The number of rotatable bonds is 4. The Hall–Kier alpha value is -2.12. The van der Waals surface area contributed by atoms with Crippen LogP contribution >= 0.6 is 0 Å². The van der Waals surface area contributed by atoms with Crippen LogP contribution < -0.4 is 0 Å². The summed E-state index contributed by atoms with van der Waals surface area (Å²) >= 11 is 0. The number of imide groups is 2. The van der Waals surface area contributed by atoms with E-state index in [1.807, 2.05) is 0 Å². The molecular weight excluding hydrogens is 360 g/mol. The van der Waals surface area contributed by atoms with E-state index in [4.69, 9.17) is 0 Å². The largest absolute Gasteiger partial charge is 0.274 e. The molecule has 0 aromatic rings. The highest BCUT2D eigenvalue weighted by Gasteiger charge is 2.64. The van der Waals surface area contributed by atoms with Gasteiger partial charge >= 0.3 is 0 Å². The highest BCUT2D eigenvalue weighted by Crippen LogP contribution is 2.39. The Morgan fingerprint density at radius 1 is 0.607 bits per heavy atom. The zero-order valence-corrected chi connectivity index (χ0v) is 16.6. The van der Waals surface area contributed by atoms with Gasteiger partial charge in [0.25, 0.3) is 23.6 Å². The monoisotopic (exact) mass is 388 g/mol. The van der Waals surface area contributed by atoms with Crippen molar-refractivity contribution in [2.75, 3.05) is 0 Å². The third-order valence-corrected chi connectivity index (χ3v) is 6.87. The topological polar surface area (TPSA) is 99.5 Å². The van der Waals surface area contributed by atoms with Gasteiger partial charge in [0.2, 0.25) is 11.1 Å². The summed E-state index contributed by atoms with van der Waals surface area (Å²) in [6.07, 6.45) is 9.62. The van der Waals surface area contributed by atoms with E-state index in [2.05, 4.69) is 10.2 Å². The zero-order valence-electron chi connectivity index (χ0n) is 16.6. The van der Waals surface area contributed by atoms with E-state index in [0.29, 0.717) is 0 Å². The number of azo groups is 1. The second-order valence-electron chi connectivity index (χ2n) is 8.89. The van der Waals surface area contributed by atoms with Crippen molar-refractivity contribution < 1.29 is 19.2 Å². The molecule has 0 aromatic heterocycles. The molecule has 4 fully saturated rings. The number of hydrogen-bond donors (Lipinski definition) is 0. The summed E-state index contributed by atoms with van der Waals surface area (Å²) in [6, 6.07) is -0.109. The first-order chi connectivity index (χ1) is 13.3. The predicted octanol–water partition coefficient (Wildman–Crippen LogP) is 2.36. The number of carbonyl (C=O) groups is 4. The van der Waals surface area contributed by atoms with Gasteiger partial charge in [0.1, 0.15) is 0 Å². The van der Waals surface area contributed by atoms with E-state index in [1.54, 1.807) is 0 Å². The fourth-order valence-corrected chi connectivity index (χ4v) is 4.91. The lowest BCUT2D eigenvalue weighted by Crippen LogP contribution is -2.73. The number of carbonyl (C=O) groups excluding carboxylic acids is 4. The number of amides is 4. The summed E-state index contributed by atoms with van der Waals surface area (Å²) in [5.41, 5.74) is -3.21. The fourth-order valence-electron chi connectivity index (χ4n) is 4.91. The van der Waals surface area contributed by atoms with Crippen molar-refractivity contribution in [2.45, 2.75) is 101 Å². The van der Waals surface area contributed by atoms with Crippen LogP contribution in [-0.2, 0) is 19.2 Å². The van der Waals surface area contributed by atoms with Crippen LogP contribution in [0, 0.1) is 0 Å². The van der Waals surface area contributed by atoms with Crippen molar-refractivity contribution in [1.82, 2.24) is 9.80 Å². The molecule has 0 aromatic carbocycles. The molecule has 0 spiro atoms. The second-order valence-corrected chi connectivity index (χ2v) is 8.89. The maximum absolute atomic E-state index is 12.7. The number of β-lactam (4-membered cyclic amide) rings is 4. The van der Waals surface area contributed by atoms with Gasteiger partial charge in [-0.25, -0.2) is 0 Å². The van der Waals surface area contributed by atoms with Crippen molar-refractivity contribution >= 4 is 23.6 Å². The summed E-state index contributed by atoms with van der Waals surface area (Å²) < 4.78 is 0.